The predicted molar refractivity (Wildman–Crippen MR) is 72.0 cm³/mol. The maximum Gasteiger partial charge on any atom is 0.328 e. The van der Waals surface area contributed by atoms with E-state index in [0.717, 1.165) is 29.4 Å². The van der Waals surface area contributed by atoms with Crippen LogP contribution in [0.5, 0.6) is 0 Å². The maximum absolute atomic E-state index is 10.7. The molecule has 2 rings (SSSR count). The smallest absolute Gasteiger partial charge is 0.328 e. The zero-order valence-electron chi connectivity index (χ0n) is 11.1. The van der Waals surface area contributed by atoms with Crippen LogP contribution in [0.4, 0.5) is 0 Å². The van der Waals surface area contributed by atoms with Gasteiger partial charge in [0.1, 0.15) is 6.10 Å². The molecule has 1 N–H and O–H groups in total. The molecule has 1 aromatic rings. The quantitative estimate of drug-likeness (QED) is 0.632. The summed E-state index contributed by atoms with van der Waals surface area (Å²) < 4.78 is 10.9. The molecule has 0 spiro atoms. The Morgan fingerprint density at radius 2 is 2.37 bits per heavy atom. The van der Waals surface area contributed by atoms with E-state index in [1.807, 2.05) is 32.0 Å². The number of aliphatic carboxylic acids is 1. The van der Waals surface area contributed by atoms with Crippen molar-refractivity contribution < 1.29 is 19.4 Å². The molecule has 19 heavy (non-hydrogen) atoms. The largest absolute Gasteiger partial charge is 0.478 e. The van der Waals surface area contributed by atoms with Crippen LogP contribution >= 0.6 is 0 Å². The Kier molecular flexibility index (Phi) is 4.35. The van der Waals surface area contributed by atoms with E-state index in [9.17, 15) is 4.79 Å². The molecule has 0 saturated carbocycles. The molecule has 4 nitrogen and oxygen atoms in total. The van der Waals surface area contributed by atoms with Gasteiger partial charge in [0.2, 0.25) is 0 Å². The second-order valence-electron chi connectivity index (χ2n) is 4.68. The third-order valence-electron chi connectivity index (χ3n) is 3.12. The van der Waals surface area contributed by atoms with Crippen molar-refractivity contribution in [1.29, 1.82) is 0 Å². The topological polar surface area (TPSA) is 59.1 Å². The van der Waals surface area contributed by atoms with Gasteiger partial charge in [0.25, 0.3) is 0 Å². The molecule has 0 aromatic heterocycles. The summed E-state index contributed by atoms with van der Waals surface area (Å²) in [6.45, 7) is 5.28. The van der Waals surface area contributed by atoms with E-state index in [-0.39, 0.29) is 12.2 Å². The van der Waals surface area contributed by atoms with Crippen LogP contribution in [0.25, 0.3) is 6.08 Å². The van der Waals surface area contributed by atoms with Gasteiger partial charge in [0.15, 0.2) is 0 Å². The molecule has 1 heterocycles. The molecule has 0 bridgehead atoms. The summed E-state index contributed by atoms with van der Waals surface area (Å²) in [6, 6.07) is 5.88. The fraction of sp³-hybridized carbons (Fsp3) is 0.400. The van der Waals surface area contributed by atoms with E-state index in [0.29, 0.717) is 6.61 Å². The van der Waals surface area contributed by atoms with E-state index in [4.69, 9.17) is 14.6 Å². The standard InChI is InChI=1S/C15H18O4/c1-10-4-3-5-14(13(10)6-7-15(16)17)11(2)18-8-12-9-19-12/h3-7,11-12H,8-9H2,1-2H3,(H,16,17)/t11-,12+/m1/s1. The summed E-state index contributed by atoms with van der Waals surface area (Å²) in [5.41, 5.74) is 2.94. The Morgan fingerprint density at radius 1 is 1.63 bits per heavy atom. The van der Waals surface area contributed by atoms with E-state index >= 15 is 0 Å². The molecule has 1 fully saturated rings. The summed E-state index contributed by atoms with van der Waals surface area (Å²) in [4.78, 5) is 10.7. The summed E-state index contributed by atoms with van der Waals surface area (Å²) in [5.74, 6) is -0.950. The van der Waals surface area contributed by atoms with E-state index in [1.54, 1.807) is 6.08 Å². The molecular formula is C15H18O4. The summed E-state index contributed by atoms with van der Waals surface area (Å²) in [6.07, 6.45) is 2.92. The van der Waals surface area contributed by atoms with Crippen molar-refractivity contribution in [2.75, 3.05) is 13.2 Å². The van der Waals surface area contributed by atoms with Crippen LogP contribution in [-0.2, 0) is 14.3 Å². The highest BCUT2D eigenvalue weighted by Gasteiger charge is 2.24. The van der Waals surface area contributed by atoms with Crippen LogP contribution in [-0.4, -0.2) is 30.4 Å². The Labute approximate surface area is 112 Å². The number of rotatable bonds is 6. The van der Waals surface area contributed by atoms with E-state index < -0.39 is 5.97 Å². The first kappa shape index (κ1) is 13.8. The minimum Gasteiger partial charge on any atom is -0.478 e. The number of ether oxygens (including phenoxy) is 2. The van der Waals surface area contributed by atoms with Gasteiger partial charge in [-0.3, -0.25) is 0 Å². The monoisotopic (exact) mass is 262 g/mol. The normalized spacial score (nSPS) is 19.6. The molecular weight excluding hydrogens is 244 g/mol. The highest BCUT2D eigenvalue weighted by atomic mass is 16.6. The molecule has 2 atom stereocenters. The second-order valence-corrected chi connectivity index (χ2v) is 4.68. The Balaban J connectivity index is 2.17. The third-order valence-corrected chi connectivity index (χ3v) is 3.12. The van der Waals surface area contributed by atoms with Crippen molar-refractivity contribution in [3.63, 3.8) is 0 Å². The SMILES string of the molecule is Cc1cccc([C@@H](C)OC[C@H]2CO2)c1C=CC(=O)O. The molecule has 0 unspecified atom stereocenters. The first-order valence-electron chi connectivity index (χ1n) is 6.31. The van der Waals surface area contributed by atoms with Crippen molar-refractivity contribution in [3.05, 3.63) is 41.0 Å². The zero-order valence-corrected chi connectivity index (χ0v) is 11.1. The highest BCUT2D eigenvalue weighted by molar-refractivity contribution is 5.86. The Hall–Kier alpha value is -1.65. The molecule has 102 valence electrons. The molecule has 1 aromatic carbocycles. The van der Waals surface area contributed by atoms with E-state index in [2.05, 4.69) is 0 Å². The van der Waals surface area contributed by atoms with Crippen molar-refractivity contribution >= 4 is 12.0 Å². The number of carbonyl (C=O) groups is 1. The van der Waals surface area contributed by atoms with Crippen LogP contribution in [0.15, 0.2) is 24.3 Å². The molecule has 0 aliphatic carbocycles. The average Bonchev–Trinajstić information content (AvgIpc) is 3.18. The molecule has 1 saturated heterocycles. The van der Waals surface area contributed by atoms with Gasteiger partial charge in [-0.2, -0.15) is 0 Å². The summed E-state index contributed by atoms with van der Waals surface area (Å²) in [5, 5.41) is 8.75. The van der Waals surface area contributed by atoms with Crippen LogP contribution < -0.4 is 0 Å². The van der Waals surface area contributed by atoms with Crippen molar-refractivity contribution in [3.8, 4) is 0 Å². The number of hydrogen-bond donors (Lipinski definition) is 1. The molecule has 1 aliphatic heterocycles. The van der Waals surface area contributed by atoms with Crippen molar-refractivity contribution in [2.45, 2.75) is 26.1 Å². The van der Waals surface area contributed by atoms with Gasteiger partial charge in [0.05, 0.1) is 19.3 Å². The van der Waals surface area contributed by atoms with Gasteiger partial charge in [-0.15, -0.1) is 0 Å². The van der Waals surface area contributed by atoms with Gasteiger partial charge >= 0.3 is 5.97 Å². The zero-order chi connectivity index (χ0) is 13.8. The third kappa shape index (κ3) is 3.91. The molecule has 4 heteroatoms. The lowest BCUT2D eigenvalue weighted by atomic mass is 9.98. The number of carboxylic acids is 1. The first-order valence-corrected chi connectivity index (χ1v) is 6.31. The molecule has 0 radical (unpaired) electrons. The van der Waals surface area contributed by atoms with Crippen LogP contribution in [0.3, 0.4) is 0 Å². The lowest BCUT2D eigenvalue weighted by Gasteiger charge is -2.17. The van der Waals surface area contributed by atoms with Gasteiger partial charge in [-0.1, -0.05) is 18.2 Å². The molecule has 1 aliphatic rings. The van der Waals surface area contributed by atoms with Gasteiger partial charge < -0.3 is 14.6 Å². The Bertz CT molecular complexity index is 489. The highest BCUT2D eigenvalue weighted by Crippen LogP contribution is 2.26. The Morgan fingerprint density at radius 3 is 3.00 bits per heavy atom. The second kappa shape index (κ2) is 5.99. The van der Waals surface area contributed by atoms with Gasteiger partial charge in [-0.25, -0.2) is 4.79 Å². The predicted octanol–water partition coefficient (Wildman–Crippen LogP) is 2.57. The minimum atomic E-state index is -0.950. The van der Waals surface area contributed by atoms with Crippen molar-refractivity contribution in [1.82, 2.24) is 0 Å². The molecule has 0 amide bonds. The van der Waals surface area contributed by atoms with Gasteiger partial charge in [0, 0.05) is 6.08 Å². The summed E-state index contributed by atoms with van der Waals surface area (Å²) >= 11 is 0. The number of carboxylic acid groups (broad SMARTS) is 1. The van der Waals surface area contributed by atoms with Crippen molar-refractivity contribution in [2.24, 2.45) is 0 Å². The lowest BCUT2D eigenvalue weighted by molar-refractivity contribution is -0.131. The fourth-order valence-electron chi connectivity index (χ4n) is 1.95. The minimum absolute atomic E-state index is 0.0856. The first-order chi connectivity index (χ1) is 9.08. The fourth-order valence-corrected chi connectivity index (χ4v) is 1.95. The van der Waals surface area contributed by atoms with Gasteiger partial charge in [-0.05, 0) is 36.6 Å². The van der Waals surface area contributed by atoms with E-state index in [1.165, 1.54) is 0 Å². The number of benzene rings is 1. The lowest BCUT2D eigenvalue weighted by Crippen LogP contribution is -2.08. The number of hydrogen-bond acceptors (Lipinski definition) is 3. The maximum atomic E-state index is 10.7. The van der Waals surface area contributed by atoms with Crippen LogP contribution in [0.1, 0.15) is 29.7 Å². The number of aryl methyl sites for hydroxylation is 1. The summed E-state index contributed by atoms with van der Waals surface area (Å²) in [7, 11) is 0. The van der Waals surface area contributed by atoms with Crippen LogP contribution in [0, 0.1) is 6.92 Å². The van der Waals surface area contributed by atoms with Crippen LogP contribution in [0.2, 0.25) is 0 Å². The number of epoxide rings is 1. The average molecular weight is 262 g/mol.